The fraction of sp³-hybridized carbons (Fsp3) is 0.133. The van der Waals surface area contributed by atoms with Crippen LogP contribution in [0, 0.1) is 24.1 Å². The minimum atomic E-state index is -0.530. The van der Waals surface area contributed by atoms with Gasteiger partial charge in [-0.2, -0.15) is 5.26 Å². The first kappa shape index (κ1) is 14.5. The quantitative estimate of drug-likeness (QED) is 0.908. The minimum Gasteiger partial charge on any atom is -0.387 e. The largest absolute Gasteiger partial charge is 0.387 e. The van der Waals surface area contributed by atoms with Gasteiger partial charge in [0.2, 0.25) is 0 Å². The molecule has 1 heterocycles. The highest BCUT2D eigenvalue weighted by Crippen LogP contribution is 2.20. The van der Waals surface area contributed by atoms with Crippen LogP contribution >= 0.6 is 0 Å². The molecule has 106 valence electrons. The highest BCUT2D eigenvalue weighted by Gasteiger charge is 2.14. The van der Waals surface area contributed by atoms with Gasteiger partial charge in [0.1, 0.15) is 11.9 Å². The molecule has 0 fully saturated rings. The van der Waals surface area contributed by atoms with Crippen molar-refractivity contribution in [3.05, 3.63) is 53.1 Å². The normalized spacial score (nSPS) is 9.81. The number of aryl methyl sites for hydroxylation is 1. The molecule has 21 heavy (non-hydrogen) atoms. The third kappa shape index (κ3) is 3.15. The third-order valence-corrected chi connectivity index (χ3v) is 2.90. The van der Waals surface area contributed by atoms with Crippen molar-refractivity contribution in [2.75, 3.05) is 17.7 Å². The molecule has 0 unspecified atom stereocenters. The number of amides is 1. The number of benzene rings is 1. The number of nitriles is 1. The summed E-state index contributed by atoms with van der Waals surface area (Å²) in [5.41, 5.74) is 2.06. The van der Waals surface area contributed by atoms with Crippen molar-refractivity contribution in [1.29, 1.82) is 5.26 Å². The lowest BCUT2D eigenvalue weighted by Crippen LogP contribution is -2.15. The molecule has 0 aliphatic rings. The van der Waals surface area contributed by atoms with Crippen LogP contribution < -0.4 is 10.6 Å². The first-order valence-corrected chi connectivity index (χ1v) is 6.20. The van der Waals surface area contributed by atoms with Crippen LogP contribution in [0.5, 0.6) is 0 Å². The highest BCUT2D eigenvalue weighted by molar-refractivity contribution is 6.08. The van der Waals surface area contributed by atoms with Gasteiger partial charge in [0.15, 0.2) is 0 Å². The second-order valence-corrected chi connectivity index (χ2v) is 4.38. The molecule has 0 spiro atoms. The molecule has 0 saturated heterocycles. The fourth-order valence-electron chi connectivity index (χ4n) is 1.86. The van der Waals surface area contributed by atoms with Crippen LogP contribution in [0.4, 0.5) is 15.8 Å². The zero-order chi connectivity index (χ0) is 15.4. The number of aromatic nitrogens is 1. The molecule has 1 aromatic carbocycles. The number of nitrogens with one attached hydrogen (secondary N) is 2. The lowest BCUT2D eigenvalue weighted by molar-refractivity contribution is 0.102. The SMILES string of the molecule is CNc1cc(C)ncc1C(=O)Nc1ccc(F)cc1C#N. The Bertz CT molecular complexity index is 737. The highest BCUT2D eigenvalue weighted by atomic mass is 19.1. The summed E-state index contributed by atoms with van der Waals surface area (Å²) in [6, 6.07) is 7.19. The lowest BCUT2D eigenvalue weighted by atomic mass is 10.1. The molecular weight excluding hydrogens is 271 g/mol. The van der Waals surface area contributed by atoms with Gasteiger partial charge in [-0.05, 0) is 31.2 Å². The van der Waals surface area contributed by atoms with E-state index in [4.69, 9.17) is 5.26 Å². The lowest BCUT2D eigenvalue weighted by Gasteiger charge is -2.11. The number of pyridine rings is 1. The number of hydrogen-bond acceptors (Lipinski definition) is 4. The van der Waals surface area contributed by atoms with Crippen molar-refractivity contribution < 1.29 is 9.18 Å². The molecule has 0 aliphatic carbocycles. The molecule has 6 heteroatoms. The summed E-state index contributed by atoms with van der Waals surface area (Å²) >= 11 is 0. The van der Waals surface area contributed by atoms with Gasteiger partial charge in [-0.1, -0.05) is 0 Å². The van der Waals surface area contributed by atoms with Crippen LogP contribution in [0.15, 0.2) is 30.5 Å². The molecule has 2 aromatic rings. The van der Waals surface area contributed by atoms with Gasteiger partial charge in [0.25, 0.3) is 5.91 Å². The molecule has 0 saturated carbocycles. The molecule has 2 rings (SSSR count). The van der Waals surface area contributed by atoms with E-state index in [-0.39, 0.29) is 11.3 Å². The van der Waals surface area contributed by atoms with Crippen molar-refractivity contribution in [2.24, 2.45) is 0 Å². The predicted molar refractivity (Wildman–Crippen MR) is 77.6 cm³/mol. The first-order valence-electron chi connectivity index (χ1n) is 6.20. The zero-order valence-electron chi connectivity index (χ0n) is 11.6. The van der Waals surface area contributed by atoms with E-state index in [1.807, 2.05) is 13.0 Å². The Labute approximate surface area is 121 Å². The Balaban J connectivity index is 2.33. The van der Waals surface area contributed by atoms with E-state index in [9.17, 15) is 9.18 Å². The standard InChI is InChI=1S/C15H13FN4O/c1-9-5-14(18-2)12(8-19-9)15(21)20-13-4-3-11(16)6-10(13)7-17/h3-6,8H,1-2H3,(H,18,19)(H,20,21). The first-order chi connectivity index (χ1) is 10.0. The Morgan fingerprint density at radius 2 is 2.10 bits per heavy atom. The van der Waals surface area contributed by atoms with Gasteiger partial charge in [0, 0.05) is 18.9 Å². The molecule has 5 nitrogen and oxygen atoms in total. The van der Waals surface area contributed by atoms with Crippen molar-refractivity contribution in [1.82, 2.24) is 4.98 Å². The summed E-state index contributed by atoms with van der Waals surface area (Å²) in [5, 5.41) is 14.5. The van der Waals surface area contributed by atoms with Crippen LogP contribution in [0.2, 0.25) is 0 Å². The summed E-state index contributed by atoms with van der Waals surface area (Å²) in [6.45, 7) is 1.82. The van der Waals surface area contributed by atoms with E-state index in [2.05, 4.69) is 15.6 Å². The minimum absolute atomic E-state index is 0.0643. The number of carbonyl (C=O) groups excluding carboxylic acids is 1. The topological polar surface area (TPSA) is 77.8 Å². The predicted octanol–water partition coefficient (Wildman–Crippen LogP) is 2.69. The average molecular weight is 284 g/mol. The summed E-state index contributed by atoms with van der Waals surface area (Å²) in [5.74, 6) is -0.951. The maximum Gasteiger partial charge on any atom is 0.259 e. The Morgan fingerprint density at radius 1 is 1.33 bits per heavy atom. The number of carbonyl (C=O) groups is 1. The van der Waals surface area contributed by atoms with Crippen LogP contribution in [0.1, 0.15) is 21.6 Å². The van der Waals surface area contributed by atoms with Crippen LogP contribution in [0.3, 0.4) is 0 Å². The van der Waals surface area contributed by atoms with Gasteiger partial charge in [-0.25, -0.2) is 4.39 Å². The van der Waals surface area contributed by atoms with Gasteiger partial charge in [-0.3, -0.25) is 9.78 Å². The van der Waals surface area contributed by atoms with E-state index in [0.717, 1.165) is 11.8 Å². The molecule has 0 atom stereocenters. The van der Waals surface area contributed by atoms with Crippen molar-refractivity contribution in [3.8, 4) is 6.07 Å². The second kappa shape index (κ2) is 6.01. The van der Waals surface area contributed by atoms with E-state index >= 15 is 0 Å². The van der Waals surface area contributed by atoms with Gasteiger partial charge < -0.3 is 10.6 Å². The summed E-state index contributed by atoms with van der Waals surface area (Å²) in [6.07, 6.45) is 1.45. The second-order valence-electron chi connectivity index (χ2n) is 4.38. The monoisotopic (exact) mass is 284 g/mol. The van der Waals surface area contributed by atoms with Gasteiger partial charge in [0.05, 0.1) is 22.5 Å². The van der Waals surface area contributed by atoms with Gasteiger partial charge in [-0.15, -0.1) is 0 Å². The van der Waals surface area contributed by atoms with Crippen molar-refractivity contribution in [3.63, 3.8) is 0 Å². The maximum absolute atomic E-state index is 13.1. The Hall–Kier alpha value is -2.94. The zero-order valence-corrected chi connectivity index (χ0v) is 11.6. The average Bonchev–Trinajstić information content (AvgIpc) is 2.48. The summed E-state index contributed by atoms with van der Waals surface area (Å²) in [7, 11) is 1.70. The Morgan fingerprint density at radius 3 is 2.76 bits per heavy atom. The van der Waals surface area contributed by atoms with E-state index in [1.54, 1.807) is 13.1 Å². The summed E-state index contributed by atoms with van der Waals surface area (Å²) in [4.78, 5) is 16.3. The van der Waals surface area contributed by atoms with E-state index < -0.39 is 11.7 Å². The van der Waals surface area contributed by atoms with Crippen molar-refractivity contribution >= 4 is 17.3 Å². The molecule has 0 aliphatic heterocycles. The molecule has 1 amide bonds. The van der Waals surface area contributed by atoms with Crippen LogP contribution in [0.25, 0.3) is 0 Å². The smallest absolute Gasteiger partial charge is 0.259 e. The maximum atomic E-state index is 13.1. The Kier molecular flexibility index (Phi) is 4.14. The van der Waals surface area contributed by atoms with Gasteiger partial charge >= 0.3 is 0 Å². The molecule has 1 aromatic heterocycles. The molecule has 0 radical (unpaired) electrons. The number of anilines is 2. The number of rotatable bonds is 3. The third-order valence-electron chi connectivity index (χ3n) is 2.90. The van der Waals surface area contributed by atoms with Crippen LogP contribution in [-0.2, 0) is 0 Å². The van der Waals surface area contributed by atoms with Crippen LogP contribution in [-0.4, -0.2) is 17.9 Å². The molecule has 2 N–H and O–H groups in total. The number of hydrogen-bond donors (Lipinski definition) is 2. The number of nitrogens with zero attached hydrogens (tertiary/aromatic N) is 2. The number of halogens is 1. The van der Waals surface area contributed by atoms with E-state index in [1.165, 1.54) is 18.3 Å². The van der Waals surface area contributed by atoms with Crippen molar-refractivity contribution in [2.45, 2.75) is 6.92 Å². The fourth-order valence-corrected chi connectivity index (χ4v) is 1.86. The molecule has 0 bridgehead atoms. The molecular formula is C15H13FN4O. The van der Waals surface area contributed by atoms with E-state index in [0.29, 0.717) is 11.3 Å². The summed E-state index contributed by atoms with van der Waals surface area (Å²) < 4.78 is 13.1.